The number of aliphatic hydroxyl groups excluding tert-OH is 3. The molecule has 0 aromatic carbocycles. The molecule has 0 unspecified atom stereocenters. The van der Waals surface area contributed by atoms with E-state index in [4.69, 9.17) is 11.5 Å². The highest BCUT2D eigenvalue weighted by atomic mass is 32.2. The summed E-state index contributed by atoms with van der Waals surface area (Å²) < 4.78 is 0. The van der Waals surface area contributed by atoms with Crippen LogP contribution >= 0.6 is 11.8 Å². The Balaban J connectivity index is 2.19. The number of carboxylic acids is 1. The Morgan fingerprint density at radius 2 is 1.20 bits per heavy atom. The number of carboxylic acid groups (broad SMARTS) is 1. The second kappa shape index (κ2) is 26.1. The van der Waals surface area contributed by atoms with Crippen molar-refractivity contribution < 1.29 is 63.6 Å². The van der Waals surface area contributed by atoms with Crippen LogP contribution in [0.15, 0.2) is 25.0 Å². The van der Waals surface area contributed by atoms with Gasteiger partial charge < -0.3 is 79.1 Å². The maximum absolute atomic E-state index is 13.6. The monoisotopic (exact) mass is 883 g/mol. The van der Waals surface area contributed by atoms with Crippen molar-refractivity contribution in [1.82, 2.24) is 57.2 Å². The fraction of sp³-hybridized carbons (Fsp3) is 0.559. The van der Waals surface area contributed by atoms with E-state index in [1.54, 1.807) is 0 Å². The van der Waals surface area contributed by atoms with Gasteiger partial charge in [0.15, 0.2) is 0 Å². The number of nitrogens with one attached hydrogen (secondary N) is 9. The van der Waals surface area contributed by atoms with Gasteiger partial charge in [-0.2, -0.15) is 11.8 Å². The van der Waals surface area contributed by atoms with Crippen molar-refractivity contribution in [2.24, 2.45) is 11.5 Å². The molecule has 26 nitrogen and oxygen atoms in total. The quantitative estimate of drug-likeness (QED) is 0.0377. The van der Waals surface area contributed by atoms with Gasteiger partial charge in [-0.15, -0.1) is 0 Å². The minimum absolute atomic E-state index is 0.238. The molecule has 2 aromatic heterocycles. The number of hydrogen-bond acceptors (Lipinski definition) is 16. The van der Waals surface area contributed by atoms with E-state index in [1.165, 1.54) is 36.8 Å². The summed E-state index contributed by atoms with van der Waals surface area (Å²) in [6.07, 6.45) is 4.42. The summed E-state index contributed by atoms with van der Waals surface area (Å²) in [4.78, 5) is 128. The van der Waals surface area contributed by atoms with E-state index in [0.29, 0.717) is 17.1 Å². The molecule has 0 aliphatic rings. The minimum Gasteiger partial charge on any atom is -0.480 e. The van der Waals surface area contributed by atoms with Gasteiger partial charge in [0.05, 0.1) is 44.6 Å². The van der Waals surface area contributed by atoms with Crippen LogP contribution < -0.4 is 48.7 Å². The third-order valence-corrected chi connectivity index (χ3v) is 9.27. The average molecular weight is 884 g/mol. The van der Waals surface area contributed by atoms with Crippen molar-refractivity contribution in [2.75, 3.05) is 31.8 Å². The first-order valence-electron chi connectivity index (χ1n) is 18.6. The van der Waals surface area contributed by atoms with Gasteiger partial charge in [-0.1, -0.05) is 0 Å². The van der Waals surface area contributed by atoms with Crippen LogP contribution in [0.25, 0.3) is 0 Å². The lowest BCUT2D eigenvalue weighted by Gasteiger charge is -2.26. The Morgan fingerprint density at radius 3 is 1.66 bits per heavy atom. The fourth-order valence-corrected chi connectivity index (χ4v) is 5.73. The van der Waals surface area contributed by atoms with Gasteiger partial charge in [-0.05, 0) is 31.8 Å². The average Bonchev–Trinajstić information content (AvgIpc) is 3.94. The Kier molecular flexibility index (Phi) is 21.8. The molecule has 27 heteroatoms. The van der Waals surface area contributed by atoms with Gasteiger partial charge in [-0.25, -0.2) is 14.8 Å². The maximum atomic E-state index is 13.6. The standard InChI is InChI=1S/C34H53N13O13S/c1-16(50)27(33(58)44-22(8-18-10-38-15-41-18)31(56)46-24(13-49)34(59)60)47-26(52)11-39-29(54)20(3-4-25(36)51)42-30(55)21(7-17-9-37-14-40-17)43-32(57)23(12-48)45-28(53)19(35)5-6-61-2/h9-10,14-16,19-24,27,48-50H,3-8,11-13,35H2,1-2H3,(H2,36,51)(H,37,40)(H,38,41)(H,39,54)(H,42,55)(H,43,57)(H,44,58)(H,45,53)(H,46,56)(H,47,52)(H,59,60)/t16-,19+,20+,21+,22+,23+,24+,27+/m1/s1. The zero-order valence-corrected chi connectivity index (χ0v) is 34.0. The second-order valence-corrected chi connectivity index (χ2v) is 14.5. The summed E-state index contributed by atoms with van der Waals surface area (Å²) in [7, 11) is 0. The molecule has 17 N–H and O–H groups in total. The highest BCUT2D eigenvalue weighted by molar-refractivity contribution is 7.98. The molecular formula is C34H53N13O13S. The van der Waals surface area contributed by atoms with Crippen molar-refractivity contribution in [3.8, 4) is 0 Å². The number of nitrogens with two attached hydrogens (primary N) is 2. The zero-order valence-electron chi connectivity index (χ0n) is 33.2. The zero-order chi connectivity index (χ0) is 45.6. The number of rotatable bonds is 28. The largest absolute Gasteiger partial charge is 0.480 e. The molecule has 0 fully saturated rings. The molecule has 2 heterocycles. The van der Waals surface area contributed by atoms with Crippen LogP contribution in [-0.4, -0.2) is 174 Å². The minimum atomic E-state index is -1.74. The third kappa shape index (κ3) is 17.9. The first kappa shape index (κ1) is 51.0. The Hall–Kier alpha value is -6.16. The summed E-state index contributed by atoms with van der Waals surface area (Å²) in [5.74, 6) is -8.78. The highest BCUT2D eigenvalue weighted by Crippen LogP contribution is 2.06. The summed E-state index contributed by atoms with van der Waals surface area (Å²) in [5.41, 5.74) is 11.8. The highest BCUT2D eigenvalue weighted by Gasteiger charge is 2.34. The lowest BCUT2D eigenvalue weighted by atomic mass is 10.1. The topological polar surface area (TPSA) is 428 Å². The van der Waals surface area contributed by atoms with Gasteiger partial charge in [0.2, 0.25) is 47.3 Å². The van der Waals surface area contributed by atoms with E-state index in [2.05, 4.69) is 57.2 Å². The van der Waals surface area contributed by atoms with Gasteiger partial charge in [0.25, 0.3) is 0 Å². The number of aromatic nitrogens is 4. The smallest absolute Gasteiger partial charge is 0.328 e. The SMILES string of the molecule is CSCC[C@H](N)C(=O)N[C@@H](CO)C(=O)N[C@@H](Cc1cnc[nH]1)C(=O)N[C@@H](CCC(N)=O)C(=O)NCC(=O)N[C@H](C(=O)N[C@@H](Cc1cnc[nH]1)C(=O)N[C@@H](CO)C(=O)O)[C@@H](C)O. The number of aromatic amines is 2. The maximum Gasteiger partial charge on any atom is 0.328 e. The predicted octanol–water partition coefficient (Wildman–Crippen LogP) is -7.26. The van der Waals surface area contributed by atoms with E-state index in [1.807, 2.05) is 6.26 Å². The number of aliphatic hydroxyl groups is 3. The van der Waals surface area contributed by atoms with E-state index in [9.17, 15) is 63.6 Å². The summed E-state index contributed by atoms with van der Waals surface area (Å²) in [5, 5.41) is 54.8. The Morgan fingerprint density at radius 1 is 0.705 bits per heavy atom. The first-order chi connectivity index (χ1) is 28.9. The molecule has 2 rings (SSSR count). The number of nitrogens with zero attached hydrogens (tertiary/aromatic N) is 2. The molecule has 0 saturated carbocycles. The number of carbonyl (C=O) groups is 9. The lowest BCUT2D eigenvalue weighted by Crippen LogP contribution is -2.60. The van der Waals surface area contributed by atoms with Crippen LogP contribution in [0.5, 0.6) is 0 Å². The van der Waals surface area contributed by atoms with Crippen LogP contribution in [0.2, 0.25) is 0 Å². The number of hydrogen-bond donors (Lipinski definition) is 15. The fourth-order valence-electron chi connectivity index (χ4n) is 5.24. The van der Waals surface area contributed by atoms with Crippen molar-refractivity contribution in [1.29, 1.82) is 0 Å². The second-order valence-electron chi connectivity index (χ2n) is 13.5. The van der Waals surface area contributed by atoms with Crippen LogP contribution in [-0.2, 0) is 56.0 Å². The molecule has 61 heavy (non-hydrogen) atoms. The molecule has 338 valence electrons. The predicted molar refractivity (Wildman–Crippen MR) is 212 cm³/mol. The van der Waals surface area contributed by atoms with Crippen LogP contribution in [0.1, 0.15) is 37.6 Å². The first-order valence-corrected chi connectivity index (χ1v) is 20.0. The number of H-pyrrole nitrogens is 2. The number of aliphatic carboxylic acids is 1. The van der Waals surface area contributed by atoms with E-state index in [-0.39, 0.29) is 25.7 Å². The molecule has 2 aromatic rings. The Bertz CT molecular complexity index is 1780. The number of carbonyl (C=O) groups excluding carboxylic acids is 8. The normalized spacial score (nSPS) is 14.9. The van der Waals surface area contributed by atoms with Crippen LogP contribution in [0, 0.1) is 0 Å². The van der Waals surface area contributed by atoms with Gasteiger partial charge in [-0.3, -0.25) is 38.4 Å². The molecule has 8 amide bonds. The summed E-state index contributed by atoms with van der Waals surface area (Å²) >= 11 is 1.45. The molecule has 8 atom stereocenters. The molecule has 0 aliphatic heterocycles. The van der Waals surface area contributed by atoms with E-state index < -0.39 is 128 Å². The molecule has 0 saturated heterocycles. The van der Waals surface area contributed by atoms with Crippen LogP contribution in [0.4, 0.5) is 0 Å². The number of primary amides is 1. The molecule has 0 radical (unpaired) electrons. The van der Waals surface area contributed by atoms with Crippen molar-refractivity contribution >= 4 is 65.0 Å². The van der Waals surface area contributed by atoms with Crippen molar-refractivity contribution in [3.63, 3.8) is 0 Å². The molecule has 0 aliphatic carbocycles. The molecular weight excluding hydrogens is 831 g/mol. The molecule has 0 bridgehead atoms. The van der Waals surface area contributed by atoms with Gasteiger partial charge >= 0.3 is 5.97 Å². The van der Waals surface area contributed by atoms with Crippen LogP contribution in [0.3, 0.4) is 0 Å². The van der Waals surface area contributed by atoms with Crippen molar-refractivity contribution in [3.05, 3.63) is 36.4 Å². The van der Waals surface area contributed by atoms with E-state index in [0.717, 1.165) is 6.92 Å². The summed E-state index contributed by atoms with van der Waals surface area (Å²) in [6.45, 7) is -1.57. The van der Waals surface area contributed by atoms with Gasteiger partial charge in [0, 0.05) is 43.0 Å². The number of imidazole rings is 2. The lowest BCUT2D eigenvalue weighted by molar-refractivity contribution is -0.143. The Labute approximate surface area is 352 Å². The number of amides is 8. The third-order valence-electron chi connectivity index (χ3n) is 8.62. The summed E-state index contributed by atoms with van der Waals surface area (Å²) in [6, 6.07) is -10.5. The van der Waals surface area contributed by atoms with E-state index >= 15 is 0 Å². The number of thioether (sulfide) groups is 1. The molecule has 0 spiro atoms. The van der Waals surface area contributed by atoms with Crippen molar-refractivity contribution in [2.45, 2.75) is 87.4 Å². The van der Waals surface area contributed by atoms with Gasteiger partial charge in [0.1, 0.15) is 36.3 Å².